The molecule has 22 heavy (non-hydrogen) atoms. The zero-order chi connectivity index (χ0) is 15.3. The molecule has 2 aliphatic carbocycles. The Bertz CT molecular complexity index is 576. The maximum absolute atomic E-state index is 13.8. The topological polar surface area (TPSA) is 32.3 Å². The van der Waals surface area contributed by atoms with Gasteiger partial charge in [-0.1, -0.05) is 12.5 Å². The highest BCUT2D eigenvalue weighted by atomic mass is 19.1. The van der Waals surface area contributed by atoms with Crippen molar-refractivity contribution in [3.8, 4) is 0 Å². The van der Waals surface area contributed by atoms with E-state index < -0.39 is 11.6 Å². The Hall–Kier alpha value is -1.65. The van der Waals surface area contributed by atoms with Crippen LogP contribution in [0.2, 0.25) is 0 Å². The Morgan fingerprint density at radius 1 is 1.14 bits per heavy atom. The number of fused-ring (bicyclic) bond motifs is 1. The second-order valence-corrected chi connectivity index (χ2v) is 6.79. The average molecular weight is 306 g/mol. The van der Waals surface area contributed by atoms with Crippen molar-refractivity contribution >= 4 is 11.6 Å². The number of hydrogen-bond acceptors (Lipinski definition) is 2. The molecule has 2 saturated carbocycles. The minimum absolute atomic E-state index is 0.00664. The zero-order valence-corrected chi connectivity index (χ0v) is 12.4. The van der Waals surface area contributed by atoms with Crippen LogP contribution in [-0.2, 0) is 4.79 Å². The first-order valence-electron chi connectivity index (χ1n) is 8.14. The minimum Gasteiger partial charge on any atom is -0.365 e. The van der Waals surface area contributed by atoms with Gasteiger partial charge in [-0.2, -0.15) is 0 Å². The molecule has 3 aliphatic rings. The lowest BCUT2D eigenvalue weighted by Gasteiger charge is -2.20. The monoisotopic (exact) mass is 306 g/mol. The number of amides is 1. The van der Waals surface area contributed by atoms with Gasteiger partial charge in [0.1, 0.15) is 17.3 Å². The van der Waals surface area contributed by atoms with E-state index in [1.165, 1.54) is 37.5 Å². The Labute approximate surface area is 128 Å². The first-order chi connectivity index (χ1) is 10.6. The molecule has 3 unspecified atom stereocenters. The molecule has 0 bridgehead atoms. The molecular weight excluding hydrogens is 286 g/mol. The maximum atomic E-state index is 13.8. The molecule has 3 nitrogen and oxygen atoms in total. The first-order valence-corrected chi connectivity index (χ1v) is 8.14. The van der Waals surface area contributed by atoms with E-state index in [0.717, 1.165) is 6.42 Å². The summed E-state index contributed by atoms with van der Waals surface area (Å²) in [5, 5.41) is 3.08. The maximum Gasteiger partial charge on any atom is 0.223 e. The van der Waals surface area contributed by atoms with Crippen molar-refractivity contribution in [3.05, 3.63) is 29.8 Å². The van der Waals surface area contributed by atoms with E-state index in [-0.39, 0.29) is 23.6 Å². The minimum atomic E-state index is -0.538. The van der Waals surface area contributed by atoms with Gasteiger partial charge >= 0.3 is 0 Å². The van der Waals surface area contributed by atoms with Gasteiger partial charge in [0.25, 0.3) is 0 Å². The molecule has 5 heteroatoms. The summed E-state index contributed by atoms with van der Waals surface area (Å²) in [4.78, 5) is 14.0. The number of carbonyl (C=O) groups excluding carboxylic acids is 1. The Balaban J connectivity index is 1.37. The molecule has 118 valence electrons. The summed E-state index contributed by atoms with van der Waals surface area (Å²) in [6.07, 6.45) is 4.35. The molecule has 1 amide bonds. The highest BCUT2D eigenvalue weighted by molar-refractivity contribution is 5.82. The van der Waals surface area contributed by atoms with Crippen molar-refractivity contribution < 1.29 is 13.6 Å². The lowest BCUT2D eigenvalue weighted by Crippen LogP contribution is -2.38. The van der Waals surface area contributed by atoms with Gasteiger partial charge in [0.05, 0.1) is 0 Å². The highest BCUT2D eigenvalue weighted by Gasteiger charge is 2.56. The van der Waals surface area contributed by atoms with E-state index >= 15 is 0 Å². The number of nitrogens with zero attached hydrogens (tertiary/aromatic N) is 1. The van der Waals surface area contributed by atoms with Crippen LogP contribution in [0.15, 0.2) is 18.2 Å². The van der Waals surface area contributed by atoms with Crippen LogP contribution in [-0.4, -0.2) is 25.0 Å². The Morgan fingerprint density at radius 2 is 1.82 bits per heavy atom. The van der Waals surface area contributed by atoms with Crippen LogP contribution in [0.1, 0.15) is 25.7 Å². The third-order valence-corrected chi connectivity index (χ3v) is 5.50. The Morgan fingerprint density at radius 3 is 2.50 bits per heavy atom. The average Bonchev–Trinajstić information content (AvgIpc) is 2.85. The van der Waals surface area contributed by atoms with E-state index in [1.54, 1.807) is 4.90 Å². The van der Waals surface area contributed by atoms with Gasteiger partial charge in [0.15, 0.2) is 0 Å². The second-order valence-electron chi connectivity index (χ2n) is 6.79. The van der Waals surface area contributed by atoms with Crippen LogP contribution in [0.3, 0.4) is 0 Å². The fourth-order valence-corrected chi connectivity index (χ4v) is 4.38. The van der Waals surface area contributed by atoms with E-state index in [4.69, 9.17) is 0 Å². The molecule has 1 aromatic carbocycles. The van der Waals surface area contributed by atoms with Gasteiger partial charge in [0, 0.05) is 25.0 Å². The van der Waals surface area contributed by atoms with Crippen molar-refractivity contribution in [2.24, 2.45) is 17.8 Å². The van der Waals surface area contributed by atoms with Crippen LogP contribution in [0.25, 0.3) is 0 Å². The summed E-state index contributed by atoms with van der Waals surface area (Å²) in [6.45, 7) is 1.05. The van der Waals surface area contributed by atoms with Crippen LogP contribution in [0.4, 0.5) is 14.5 Å². The number of benzene rings is 1. The molecule has 1 saturated heterocycles. The molecular formula is C17H20F2N2O. The molecule has 1 aliphatic heterocycles. The van der Waals surface area contributed by atoms with Crippen LogP contribution in [0, 0.1) is 29.4 Å². The lowest BCUT2D eigenvalue weighted by atomic mass is 10.1. The van der Waals surface area contributed by atoms with Crippen molar-refractivity contribution in [2.75, 3.05) is 18.0 Å². The number of halogens is 2. The van der Waals surface area contributed by atoms with Crippen molar-refractivity contribution in [3.63, 3.8) is 0 Å². The zero-order valence-electron chi connectivity index (χ0n) is 12.4. The smallest absolute Gasteiger partial charge is 0.223 e. The summed E-state index contributed by atoms with van der Waals surface area (Å²) in [7, 11) is 0. The van der Waals surface area contributed by atoms with Crippen molar-refractivity contribution in [1.29, 1.82) is 0 Å². The van der Waals surface area contributed by atoms with Crippen molar-refractivity contribution in [2.45, 2.75) is 31.7 Å². The molecule has 3 fully saturated rings. The Kier molecular flexibility index (Phi) is 3.31. The SMILES string of the molecule is O=C(NC1CCN(c2c(F)cccc2F)C1)C1C2CCCC21. The number of nitrogens with one attached hydrogen (secondary N) is 1. The predicted octanol–water partition coefficient (Wildman–Crippen LogP) is 2.71. The normalized spacial score (nSPS) is 32.9. The van der Waals surface area contributed by atoms with Gasteiger partial charge < -0.3 is 10.2 Å². The third kappa shape index (κ3) is 2.27. The second kappa shape index (κ2) is 5.21. The molecule has 1 N–H and O–H groups in total. The number of carbonyl (C=O) groups is 1. The van der Waals surface area contributed by atoms with Gasteiger partial charge in [-0.15, -0.1) is 0 Å². The first kappa shape index (κ1) is 14.0. The third-order valence-electron chi connectivity index (χ3n) is 5.50. The fraction of sp³-hybridized carbons (Fsp3) is 0.588. The predicted molar refractivity (Wildman–Crippen MR) is 79.4 cm³/mol. The summed E-state index contributed by atoms with van der Waals surface area (Å²) >= 11 is 0. The van der Waals surface area contributed by atoms with E-state index in [9.17, 15) is 13.6 Å². The molecule has 0 aromatic heterocycles. The molecule has 0 radical (unpaired) electrons. The van der Waals surface area contributed by atoms with Gasteiger partial charge in [-0.3, -0.25) is 4.79 Å². The quantitative estimate of drug-likeness (QED) is 0.931. The van der Waals surface area contributed by atoms with Crippen molar-refractivity contribution in [1.82, 2.24) is 5.32 Å². The number of anilines is 1. The summed E-state index contributed by atoms with van der Waals surface area (Å²) in [5.41, 5.74) is 0.0301. The van der Waals surface area contributed by atoms with E-state index in [1.807, 2.05) is 0 Å². The molecule has 0 spiro atoms. The van der Waals surface area contributed by atoms with Gasteiger partial charge in [-0.05, 0) is 43.2 Å². The fourth-order valence-electron chi connectivity index (χ4n) is 4.38. The van der Waals surface area contributed by atoms with Crippen LogP contribution >= 0.6 is 0 Å². The summed E-state index contributed by atoms with van der Waals surface area (Å²) in [6, 6.07) is 3.91. The lowest BCUT2D eigenvalue weighted by molar-refractivity contribution is -0.123. The molecule has 1 aromatic rings. The number of hydrogen-bond donors (Lipinski definition) is 1. The summed E-state index contributed by atoms with van der Waals surface area (Å²) in [5.74, 6) is 0.471. The van der Waals surface area contributed by atoms with Gasteiger partial charge in [0.2, 0.25) is 5.91 Å². The van der Waals surface area contributed by atoms with Gasteiger partial charge in [-0.25, -0.2) is 8.78 Å². The van der Waals surface area contributed by atoms with E-state index in [2.05, 4.69) is 5.32 Å². The van der Waals surface area contributed by atoms with E-state index in [0.29, 0.717) is 24.9 Å². The largest absolute Gasteiger partial charge is 0.365 e. The van der Waals surface area contributed by atoms with Crippen LogP contribution in [0.5, 0.6) is 0 Å². The standard InChI is InChI=1S/C17H20F2N2O/c18-13-5-2-6-14(19)16(13)21-8-7-10(9-21)20-17(22)15-11-3-1-4-12(11)15/h2,5-6,10-12,15H,1,3-4,7-9H2,(H,20,22). The number of rotatable bonds is 3. The molecule has 1 heterocycles. The molecule has 3 atom stereocenters. The number of para-hydroxylation sites is 1. The molecule has 4 rings (SSSR count). The summed E-state index contributed by atoms with van der Waals surface area (Å²) < 4.78 is 27.6. The van der Waals surface area contributed by atoms with Crippen LogP contribution < -0.4 is 10.2 Å². The highest BCUT2D eigenvalue weighted by Crippen LogP contribution is 2.57.